The van der Waals surface area contributed by atoms with Crippen LogP contribution >= 0.6 is 11.3 Å². The highest BCUT2D eigenvalue weighted by Crippen LogP contribution is 2.37. The van der Waals surface area contributed by atoms with Gasteiger partial charge in [-0.25, -0.2) is 4.98 Å². The second kappa shape index (κ2) is 10.2. The molecule has 2 heterocycles. The van der Waals surface area contributed by atoms with Crippen LogP contribution in [0.4, 0.5) is 5.13 Å². The van der Waals surface area contributed by atoms with Crippen molar-refractivity contribution in [3.63, 3.8) is 0 Å². The molecule has 7 heteroatoms. The van der Waals surface area contributed by atoms with Crippen molar-refractivity contribution in [2.24, 2.45) is 0 Å². The first-order valence-corrected chi connectivity index (χ1v) is 11.8. The Morgan fingerprint density at radius 3 is 2.19 bits per heavy atom. The van der Waals surface area contributed by atoms with E-state index in [1.807, 2.05) is 12.1 Å². The molecule has 6 nitrogen and oxygen atoms in total. The number of carbonyl (C=O) groups is 2. The molecule has 0 saturated carbocycles. The third-order valence-electron chi connectivity index (χ3n) is 5.41. The molecule has 0 aromatic carbocycles. The Hall–Kier alpha value is -2.46. The fraction of sp³-hybridized carbons (Fsp3) is 0.583. The van der Waals surface area contributed by atoms with Gasteiger partial charge in [0.25, 0.3) is 11.8 Å². The number of hydrogen-bond acceptors (Lipinski definition) is 6. The number of hydrogen-bond donors (Lipinski definition) is 0. The monoisotopic (exact) mass is 442 g/mol. The number of unbranched alkanes of at least 4 members (excludes halogenated alkanes) is 2. The van der Waals surface area contributed by atoms with Gasteiger partial charge in [-0.05, 0) is 31.4 Å². The molecule has 1 aromatic heterocycles. The summed E-state index contributed by atoms with van der Waals surface area (Å²) in [7, 11) is 1.42. The minimum Gasteiger partial charge on any atom is -0.348 e. The lowest BCUT2D eigenvalue weighted by Crippen LogP contribution is -2.39. The van der Waals surface area contributed by atoms with Gasteiger partial charge >= 0.3 is 0 Å². The minimum atomic E-state index is -0.548. The van der Waals surface area contributed by atoms with E-state index in [1.54, 1.807) is 18.3 Å². The lowest BCUT2D eigenvalue weighted by Gasteiger charge is -2.24. The van der Waals surface area contributed by atoms with E-state index in [2.05, 4.69) is 39.5 Å². The lowest BCUT2D eigenvalue weighted by molar-refractivity contribution is -0.138. The Morgan fingerprint density at radius 2 is 1.71 bits per heavy atom. The number of carbonyl (C=O) groups excluding carboxylic acids is 2. The highest BCUT2D eigenvalue weighted by atomic mass is 32.1. The van der Waals surface area contributed by atoms with Gasteiger partial charge in [0, 0.05) is 31.1 Å². The van der Waals surface area contributed by atoms with Crippen LogP contribution in [0.25, 0.3) is 6.08 Å². The first kappa shape index (κ1) is 24.8. The number of rotatable bonds is 8. The van der Waals surface area contributed by atoms with Gasteiger partial charge in [-0.1, -0.05) is 58.8 Å². The van der Waals surface area contributed by atoms with Gasteiger partial charge in [0.15, 0.2) is 5.13 Å². The molecule has 0 bridgehead atoms. The predicted octanol–water partition coefficient (Wildman–Crippen LogP) is 5.07. The van der Waals surface area contributed by atoms with E-state index in [1.165, 1.54) is 7.05 Å². The van der Waals surface area contributed by atoms with Crippen LogP contribution in [-0.2, 0) is 15.0 Å². The second-order valence-corrected chi connectivity index (χ2v) is 10.0. The van der Waals surface area contributed by atoms with Gasteiger partial charge in [0.2, 0.25) is 0 Å². The van der Waals surface area contributed by atoms with Gasteiger partial charge in [-0.2, -0.15) is 5.26 Å². The van der Waals surface area contributed by atoms with Crippen LogP contribution in [-0.4, -0.2) is 41.8 Å². The van der Waals surface area contributed by atoms with Crippen molar-refractivity contribution < 1.29 is 9.59 Å². The molecule has 0 atom stereocenters. The molecule has 0 aliphatic carbocycles. The highest BCUT2D eigenvalue weighted by molar-refractivity contribution is 7.16. The molecule has 0 saturated heterocycles. The van der Waals surface area contributed by atoms with E-state index in [0.717, 1.165) is 59.4 Å². The van der Waals surface area contributed by atoms with Crippen LogP contribution in [0.1, 0.15) is 77.8 Å². The van der Waals surface area contributed by atoms with Crippen molar-refractivity contribution in [3.8, 4) is 6.07 Å². The van der Waals surface area contributed by atoms with Crippen molar-refractivity contribution in [1.82, 2.24) is 9.88 Å². The molecule has 1 aliphatic heterocycles. The molecular formula is C24H34N4O2S. The number of nitrogens with zero attached hydrogens (tertiary/aromatic N) is 4. The third kappa shape index (κ3) is 5.43. The number of thiazole rings is 1. The van der Waals surface area contributed by atoms with E-state index < -0.39 is 5.91 Å². The summed E-state index contributed by atoms with van der Waals surface area (Å²) >= 11 is 1.58. The van der Waals surface area contributed by atoms with Crippen molar-refractivity contribution >= 4 is 34.4 Å². The highest BCUT2D eigenvalue weighted by Gasteiger charge is 2.34. The topological polar surface area (TPSA) is 77.3 Å². The van der Waals surface area contributed by atoms with E-state index in [9.17, 15) is 14.9 Å². The normalized spacial score (nSPS) is 16.3. The summed E-state index contributed by atoms with van der Waals surface area (Å²) in [4.78, 5) is 34.4. The lowest BCUT2D eigenvalue weighted by atomic mass is 9.89. The van der Waals surface area contributed by atoms with Crippen LogP contribution < -0.4 is 4.90 Å². The molecule has 0 radical (unpaired) electrons. The molecule has 1 aliphatic rings. The Kier molecular flexibility index (Phi) is 8.19. The van der Waals surface area contributed by atoms with Crippen LogP contribution in [0, 0.1) is 11.3 Å². The van der Waals surface area contributed by atoms with Crippen LogP contribution in [0.2, 0.25) is 0 Å². The maximum atomic E-state index is 12.9. The smallest absolute Gasteiger partial charge is 0.271 e. The molecule has 0 spiro atoms. The summed E-state index contributed by atoms with van der Waals surface area (Å²) in [5, 5.41) is 10.4. The Labute approximate surface area is 190 Å². The van der Waals surface area contributed by atoms with E-state index in [4.69, 9.17) is 4.98 Å². The van der Waals surface area contributed by atoms with Crippen molar-refractivity contribution in [2.45, 2.75) is 72.6 Å². The molecule has 2 rings (SSSR count). The number of imide groups is 1. The number of likely N-dealkylation sites (N-methyl/N-ethyl adjacent to an activating group) is 1. The molecule has 168 valence electrons. The summed E-state index contributed by atoms with van der Waals surface area (Å²) in [6.07, 6.45) is 6.25. The standard InChI is InChI=1S/C24H34N4O2S/c1-8-10-12-28(13-11-9-2)23-26-20(24(4,5)6)19(31-23)14-17-16(3)18(15-25)22(30)27(7)21(17)29/h14H,8-13H2,1-7H3/b17-14-. The van der Waals surface area contributed by atoms with Gasteiger partial charge in [-0.3, -0.25) is 14.5 Å². The zero-order chi connectivity index (χ0) is 23.3. The maximum Gasteiger partial charge on any atom is 0.271 e. The second-order valence-electron chi connectivity index (χ2n) is 8.99. The summed E-state index contributed by atoms with van der Waals surface area (Å²) in [5.74, 6) is -0.932. The van der Waals surface area contributed by atoms with Gasteiger partial charge < -0.3 is 4.90 Å². The fourth-order valence-electron chi connectivity index (χ4n) is 3.42. The molecule has 0 fully saturated rings. The van der Waals surface area contributed by atoms with Crippen LogP contribution in [0.5, 0.6) is 0 Å². The molecule has 0 unspecified atom stereocenters. The van der Waals surface area contributed by atoms with Crippen molar-refractivity contribution in [3.05, 3.63) is 27.3 Å². The van der Waals surface area contributed by atoms with E-state index in [-0.39, 0.29) is 16.9 Å². The van der Waals surface area contributed by atoms with Crippen molar-refractivity contribution in [2.75, 3.05) is 25.0 Å². The molecule has 2 amide bonds. The van der Waals surface area contributed by atoms with Gasteiger partial charge in [-0.15, -0.1) is 0 Å². The van der Waals surface area contributed by atoms with Gasteiger partial charge in [0.1, 0.15) is 11.6 Å². The predicted molar refractivity (Wildman–Crippen MR) is 127 cm³/mol. The summed E-state index contributed by atoms with van der Waals surface area (Å²) in [6.45, 7) is 14.3. The Balaban J connectivity index is 2.62. The SMILES string of the molecule is CCCCN(CCCC)c1nc(C(C)(C)C)c(/C=C2\C(=O)N(C)C(=O)C(C#N)=C2C)s1. The number of aromatic nitrogens is 1. The van der Waals surface area contributed by atoms with Crippen LogP contribution in [0.3, 0.4) is 0 Å². The fourth-order valence-corrected chi connectivity index (χ4v) is 4.69. The average Bonchev–Trinajstić information content (AvgIpc) is 3.14. The molecular weight excluding hydrogens is 408 g/mol. The largest absolute Gasteiger partial charge is 0.348 e. The average molecular weight is 443 g/mol. The summed E-state index contributed by atoms with van der Waals surface area (Å²) in [5.41, 5.74) is 1.55. The zero-order valence-electron chi connectivity index (χ0n) is 19.8. The first-order chi connectivity index (χ1) is 14.6. The summed E-state index contributed by atoms with van der Waals surface area (Å²) < 4.78 is 0. The van der Waals surface area contributed by atoms with E-state index >= 15 is 0 Å². The van der Waals surface area contributed by atoms with Crippen LogP contribution in [0.15, 0.2) is 16.7 Å². The number of anilines is 1. The zero-order valence-corrected chi connectivity index (χ0v) is 20.7. The Bertz CT molecular complexity index is 936. The van der Waals surface area contributed by atoms with Crippen molar-refractivity contribution in [1.29, 1.82) is 5.26 Å². The quantitative estimate of drug-likeness (QED) is 0.415. The third-order valence-corrected chi connectivity index (χ3v) is 6.47. The van der Waals surface area contributed by atoms with E-state index in [0.29, 0.717) is 11.1 Å². The maximum absolute atomic E-state index is 12.9. The number of nitriles is 1. The molecule has 1 aromatic rings. The first-order valence-electron chi connectivity index (χ1n) is 11.0. The van der Waals surface area contributed by atoms with Gasteiger partial charge in [0.05, 0.1) is 10.6 Å². The Morgan fingerprint density at radius 1 is 1.13 bits per heavy atom. The minimum absolute atomic E-state index is 0.0166. The molecule has 0 N–H and O–H groups in total. The summed E-state index contributed by atoms with van der Waals surface area (Å²) in [6, 6.07) is 1.96. The molecule has 31 heavy (non-hydrogen) atoms. The number of amides is 2.